The lowest BCUT2D eigenvalue weighted by Gasteiger charge is -2.10. The number of ether oxygens (including phenoxy) is 1. The summed E-state index contributed by atoms with van der Waals surface area (Å²) < 4.78 is 11.1. The molecule has 0 unspecified atom stereocenters. The molecule has 4 heteroatoms. The van der Waals surface area contributed by atoms with Gasteiger partial charge in [0.25, 0.3) is 0 Å². The van der Waals surface area contributed by atoms with Crippen molar-refractivity contribution in [1.29, 1.82) is 0 Å². The van der Waals surface area contributed by atoms with E-state index in [0.29, 0.717) is 17.0 Å². The molecule has 1 aromatic heterocycles. The van der Waals surface area contributed by atoms with Gasteiger partial charge in [-0.1, -0.05) is 0 Å². The molecule has 0 saturated heterocycles. The molecular formula is C10H11BrO3. The molecule has 2 rings (SSSR count). The average Bonchev–Trinajstić information content (AvgIpc) is 2.85. The Morgan fingerprint density at radius 2 is 2.36 bits per heavy atom. The first-order valence-electron chi connectivity index (χ1n) is 4.62. The van der Waals surface area contributed by atoms with Crippen LogP contribution in [-0.4, -0.2) is 12.6 Å². The predicted octanol–water partition coefficient (Wildman–Crippen LogP) is 2.64. The van der Waals surface area contributed by atoms with Gasteiger partial charge in [0.15, 0.2) is 4.67 Å². The van der Waals surface area contributed by atoms with E-state index in [2.05, 4.69) is 15.9 Å². The van der Waals surface area contributed by atoms with E-state index in [0.717, 1.165) is 12.8 Å². The van der Waals surface area contributed by atoms with Crippen molar-refractivity contribution in [2.75, 3.05) is 6.61 Å². The first-order valence-corrected chi connectivity index (χ1v) is 5.41. The highest BCUT2D eigenvalue weighted by Crippen LogP contribution is 2.50. The van der Waals surface area contributed by atoms with Gasteiger partial charge in [0, 0.05) is 0 Å². The van der Waals surface area contributed by atoms with Crippen molar-refractivity contribution in [3.05, 3.63) is 22.6 Å². The Morgan fingerprint density at radius 3 is 2.79 bits per heavy atom. The number of carbonyl (C=O) groups excluding carboxylic acids is 1. The summed E-state index contributed by atoms with van der Waals surface area (Å²) in [7, 11) is 0. The van der Waals surface area contributed by atoms with E-state index in [4.69, 9.17) is 9.15 Å². The SMILES string of the molecule is CCOC(=O)C1(c2ccc(Br)o2)CC1. The van der Waals surface area contributed by atoms with E-state index in [1.165, 1.54) is 0 Å². The van der Waals surface area contributed by atoms with Crippen LogP contribution in [0.3, 0.4) is 0 Å². The Bertz CT molecular complexity index is 352. The molecule has 0 amide bonds. The molecule has 14 heavy (non-hydrogen) atoms. The molecule has 0 aliphatic heterocycles. The maximum atomic E-state index is 11.6. The van der Waals surface area contributed by atoms with Gasteiger partial charge in [-0.25, -0.2) is 0 Å². The lowest BCUT2D eigenvalue weighted by Crippen LogP contribution is -2.22. The molecule has 1 saturated carbocycles. The number of hydrogen-bond donors (Lipinski definition) is 0. The minimum absolute atomic E-state index is 0.165. The predicted molar refractivity (Wildman–Crippen MR) is 54.0 cm³/mol. The average molecular weight is 259 g/mol. The van der Waals surface area contributed by atoms with Gasteiger partial charge in [-0.3, -0.25) is 4.79 Å². The van der Waals surface area contributed by atoms with Gasteiger partial charge in [-0.15, -0.1) is 0 Å². The summed E-state index contributed by atoms with van der Waals surface area (Å²) in [6.07, 6.45) is 1.65. The minimum atomic E-state index is -0.484. The molecule has 0 N–H and O–H groups in total. The molecule has 1 aliphatic rings. The van der Waals surface area contributed by atoms with Crippen molar-refractivity contribution in [3.8, 4) is 0 Å². The van der Waals surface area contributed by atoms with Gasteiger partial charge in [0.05, 0.1) is 6.61 Å². The van der Waals surface area contributed by atoms with Crippen molar-refractivity contribution >= 4 is 21.9 Å². The lowest BCUT2D eigenvalue weighted by atomic mass is 10.0. The fourth-order valence-electron chi connectivity index (χ4n) is 1.52. The number of furan rings is 1. The molecule has 0 aromatic carbocycles. The zero-order valence-corrected chi connectivity index (χ0v) is 9.46. The van der Waals surface area contributed by atoms with Crippen LogP contribution in [0.15, 0.2) is 21.2 Å². The second-order valence-electron chi connectivity index (χ2n) is 3.41. The van der Waals surface area contributed by atoms with Gasteiger partial charge < -0.3 is 9.15 Å². The zero-order chi connectivity index (χ0) is 10.2. The number of hydrogen-bond acceptors (Lipinski definition) is 3. The number of rotatable bonds is 3. The fourth-order valence-corrected chi connectivity index (χ4v) is 1.82. The molecule has 0 bridgehead atoms. The van der Waals surface area contributed by atoms with Crippen LogP contribution in [-0.2, 0) is 14.9 Å². The van der Waals surface area contributed by atoms with Crippen LogP contribution in [0.5, 0.6) is 0 Å². The summed E-state index contributed by atoms with van der Waals surface area (Å²) in [6.45, 7) is 2.23. The third kappa shape index (κ3) is 1.47. The van der Waals surface area contributed by atoms with E-state index in [-0.39, 0.29) is 5.97 Å². The van der Waals surface area contributed by atoms with Crippen molar-refractivity contribution in [1.82, 2.24) is 0 Å². The fraction of sp³-hybridized carbons (Fsp3) is 0.500. The number of esters is 1. The van der Waals surface area contributed by atoms with Crippen molar-refractivity contribution < 1.29 is 13.9 Å². The van der Waals surface area contributed by atoms with Gasteiger partial charge in [0.1, 0.15) is 11.2 Å². The van der Waals surface area contributed by atoms with Crippen molar-refractivity contribution in [2.45, 2.75) is 25.2 Å². The largest absolute Gasteiger partial charge is 0.465 e. The van der Waals surface area contributed by atoms with E-state index < -0.39 is 5.41 Å². The summed E-state index contributed by atoms with van der Waals surface area (Å²) in [6, 6.07) is 3.63. The van der Waals surface area contributed by atoms with Gasteiger partial charge in [-0.2, -0.15) is 0 Å². The van der Waals surface area contributed by atoms with Crippen LogP contribution in [0, 0.1) is 0 Å². The molecule has 1 heterocycles. The van der Waals surface area contributed by atoms with Crippen molar-refractivity contribution in [3.63, 3.8) is 0 Å². The van der Waals surface area contributed by atoms with Crippen LogP contribution in [0.25, 0.3) is 0 Å². The van der Waals surface area contributed by atoms with E-state index in [1.54, 1.807) is 6.07 Å². The normalized spacial score (nSPS) is 17.9. The second kappa shape index (κ2) is 3.42. The van der Waals surface area contributed by atoms with Gasteiger partial charge in [-0.05, 0) is 47.8 Å². The van der Waals surface area contributed by atoms with Crippen LogP contribution in [0.2, 0.25) is 0 Å². The third-order valence-electron chi connectivity index (χ3n) is 2.46. The molecule has 3 nitrogen and oxygen atoms in total. The molecular weight excluding hydrogens is 248 g/mol. The first kappa shape index (κ1) is 9.77. The van der Waals surface area contributed by atoms with Crippen LogP contribution >= 0.6 is 15.9 Å². The minimum Gasteiger partial charge on any atom is -0.465 e. The van der Waals surface area contributed by atoms with Crippen LogP contribution < -0.4 is 0 Å². The molecule has 0 radical (unpaired) electrons. The van der Waals surface area contributed by atoms with Gasteiger partial charge in [0.2, 0.25) is 0 Å². The van der Waals surface area contributed by atoms with E-state index >= 15 is 0 Å². The van der Waals surface area contributed by atoms with Crippen LogP contribution in [0.4, 0.5) is 0 Å². The zero-order valence-electron chi connectivity index (χ0n) is 7.88. The molecule has 0 atom stereocenters. The molecule has 0 spiro atoms. The highest BCUT2D eigenvalue weighted by Gasteiger charge is 2.55. The third-order valence-corrected chi connectivity index (χ3v) is 2.89. The molecule has 76 valence electrons. The number of carbonyl (C=O) groups is 1. The maximum absolute atomic E-state index is 11.6. The topological polar surface area (TPSA) is 39.4 Å². The standard InChI is InChI=1S/C10H11BrO3/c1-2-13-9(12)10(5-6-10)7-3-4-8(11)14-7/h3-4H,2,5-6H2,1H3. The summed E-state index contributed by atoms with van der Waals surface area (Å²) in [4.78, 5) is 11.6. The first-order chi connectivity index (χ1) is 6.69. The summed E-state index contributed by atoms with van der Waals surface area (Å²) >= 11 is 3.22. The summed E-state index contributed by atoms with van der Waals surface area (Å²) in [5.74, 6) is 0.546. The highest BCUT2D eigenvalue weighted by molar-refractivity contribution is 9.10. The highest BCUT2D eigenvalue weighted by atomic mass is 79.9. The summed E-state index contributed by atoms with van der Waals surface area (Å²) in [5, 5.41) is 0. The summed E-state index contributed by atoms with van der Waals surface area (Å²) in [5.41, 5.74) is -0.484. The smallest absolute Gasteiger partial charge is 0.319 e. The van der Waals surface area contributed by atoms with Gasteiger partial charge >= 0.3 is 5.97 Å². The molecule has 1 fully saturated rings. The number of halogens is 1. The van der Waals surface area contributed by atoms with E-state index in [9.17, 15) is 4.79 Å². The Kier molecular flexibility index (Phi) is 2.39. The Balaban J connectivity index is 2.21. The quantitative estimate of drug-likeness (QED) is 0.783. The van der Waals surface area contributed by atoms with E-state index in [1.807, 2.05) is 13.0 Å². The Morgan fingerprint density at radius 1 is 1.64 bits per heavy atom. The maximum Gasteiger partial charge on any atom is 0.319 e. The van der Waals surface area contributed by atoms with Crippen molar-refractivity contribution in [2.24, 2.45) is 0 Å². The molecule has 1 aromatic rings. The Labute approximate surface area is 90.6 Å². The molecule has 1 aliphatic carbocycles. The lowest BCUT2D eigenvalue weighted by molar-refractivity contribution is -0.146. The van der Waals surface area contributed by atoms with Crippen LogP contribution in [0.1, 0.15) is 25.5 Å². The monoisotopic (exact) mass is 258 g/mol. The second-order valence-corrected chi connectivity index (χ2v) is 4.19. The Hall–Kier alpha value is -0.770.